The molecule has 0 spiro atoms. The highest BCUT2D eigenvalue weighted by Crippen LogP contribution is 2.20. The minimum atomic E-state index is -3.69. The van der Waals surface area contributed by atoms with Crippen LogP contribution >= 0.6 is 15.9 Å². The third-order valence-electron chi connectivity index (χ3n) is 3.51. The van der Waals surface area contributed by atoms with Crippen molar-refractivity contribution in [3.8, 4) is 0 Å². The van der Waals surface area contributed by atoms with Crippen molar-refractivity contribution in [3.05, 3.63) is 58.1 Å². The van der Waals surface area contributed by atoms with Gasteiger partial charge in [0.05, 0.1) is 10.5 Å². The van der Waals surface area contributed by atoms with E-state index in [-0.39, 0.29) is 17.0 Å². The summed E-state index contributed by atoms with van der Waals surface area (Å²) >= 11 is 3.34. The number of esters is 1. The number of benzene rings is 2. The van der Waals surface area contributed by atoms with Crippen molar-refractivity contribution in [2.75, 3.05) is 18.5 Å². The lowest BCUT2D eigenvalue weighted by Crippen LogP contribution is -2.24. The molecule has 2 aromatic rings. The number of halogens is 1. The summed E-state index contributed by atoms with van der Waals surface area (Å²) in [5.74, 6) is -1.28. The van der Waals surface area contributed by atoms with Gasteiger partial charge in [0, 0.05) is 16.7 Å². The van der Waals surface area contributed by atoms with E-state index in [1.807, 2.05) is 13.0 Å². The molecular weight excluding hydrogens is 436 g/mol. The second-order valence-electron chi connectivity index (χ2n) is 5.61. The number of anilines is 1. The van der Waals surface area contributed by atoms with Crippen molar-refractivity contribution in [2.45, 2.75) is 18.7 Å². The fourth-order valence-electron chi connectivity index (χ4n) is 2.23. The molecule has 0 aliphatic carbocycles. The molecular formula is C18H19BrN2O5S. The van der Waals surface area contributed by atoms with Gasteiger partial charge in [0.2, 0.25) is 10.0 Å². The molecule has 0 aliphatic heterocycles. The summed E-state index contributed by atoms with van der Waals surface area (Å²) < 4.78 is 32.2. The average Bonchev–Trinajstić information content (AvgIpc) is 2.62. The van der Waals surface area contributed by atoms with Crippen LogP contribution in [-0.2, 0) is 19.6 Å². The van der Waals surface area contributed by atoms with Crippen LogP contribution in [0.25, 0.3) is 0 Å². The Morgan fingerprint density at radius 2 is 1.89 bits per heavy atom. The quantitative estimate of drug-likeness (QED) is 0.626. The van der Waals surface area contributed by atoms with Crippen LogP contribution < -0.4 is 10.0 Å². The Kier molecular flexibility index (Phi) is 7.11. The van der Waals surface area contributed by atoms with Gasteiger partial charge in [-0.2, -0.15) is 0 Å². The lowest BCUT2D eigenvalue weighted by Gasteiger charge is -2.10. The molecule has 2 aromatic carbocycles. The smallest absolute Gasteiger partial charge is 0.338 e. The van der Waals surface area contributed by atoms with Crippen LogP contribution in [0.3, 0.4) is 0 Å². The van der Waals surface area contributed by atoms with E-state index in [1.54, 1.807) is 19.1 Å². The molecule has 0 radical (unpaired) electrons. The van der Waals surface area contributed by atoms with Gasteiger partial charge in [-0.15, -0.1) is 0 Å². The van der Waals surface area contributed by atoms with Crippen molar-refractivity contribution < 1.29 is 22.7 Å². The Morgan fingerprint density at radius 3 is 2.56 bits per heavy atom. The maximum Gasteiger partial charge on any atom is 0.338 e. The van der Waals surface area contributed by atoms with Gasteiger partial charge >= 0.3 is 5.97 Å². The predicted molar refractivity (Wildman–Crippen MR) is 105 cm³/mol. The molecule has 0 aromatic heterocycles. The fourth-order valence-corrected chi connectivity index (χ4v) is 3.79. The number of carbonyl (C=O) groups is 2. The molecule has 0 heterocycles. The monoisotopic (exact) mass is 454 g/mol. The van der Waals surface area contributed by atoms with Gasteiger partial charge in [0.1, 0.15) is 0 Å². The van der Waals surface area contributed by atoms with Crippen LogP contribution in [-0.4, -0.2) is 33.4 Å². The summed E-state index contributed by atoms with van der Waals surface area (Å²) in [6.45, 7) is 3.23. The van der Waals surface area contributed by atoms with E-state index < -0.39 is 28.5 Å². The summed E-state index contributed by atoms with van der Waals surface area (Å²) in [4.78, 5) is 24.1. The normalized spacial score (nSPS) is 11.1. The zero-order valence-electron chi connectivity index (χ0n) is 14.8. The van der Waals surface area contributed by atoms with E-state index in [0.717, 1.165) is 10.0 Å². The molecule has 0 fully saturated rings. The number of sulfonamides is 1. The number of rotatable bonds is 7. The predicted octanol–water partition coefficient (Wildman–Crippen LogP) is 2.85. The van der Waals surface area contributed by atoms with Crippen LogP contribution in [0.15, 0.2) is 51.8 Å². The van der Waals surface area contributed by atoms with Crippen molar-refractivity contribution in [1.82, 2.24) is 4.72 Å². The molecule has 9 heteroatoms. The minimum Gasteiger partial charge on any atom is -0.452 e. The van der Waals surface area contributed by atoms with Crippen LogP contribution in [0, 0.1) is 6.92 Å². The molecule has 0 aliphatic rings. The van der Waals surface area contributed by atoms with Crippen LogP contribution in [0.5, 0.6) is 0 Å². The van der Waals surface area contributed by atoms with Gasteiger partial charge < -0.3 is 10.1 Å². The van der Waals surface area contributed by atoms with Gasteiger partial charge in [-0.3, -0.25) is 4.79 Å². The zero-order chi connectivity index (χ0) is 20.0. The Labute approximate surface area is 166 Å². The lowest BCUT2D eigenvalue weighted by molar-refractivity contribution is -0.119. The number of hydrogen-bond donors (Lipinski definition) is 2. The highest BCUT2D eigenvalue weighted by Gasteiger charge is 2.17. The molecule has 7 nitrogen and oxygen atoms in total. The first-order chi connectivity index (χ1) is 12.7. The SMILES string of the molecule is CCNS(=O)(=O)c1cccc(C(=O)OCC(=O)Nc2ccc(Br)cc2C)c1. The Morgan fingerprint density at radius 1 is 1.15 bits per heavy atom. The second kappa shape index (κ2) is 9.12. The van der Waals surface area contributed by atoms with E-state index in [4.69, 9.17) is 4.74 Å². The highest BCUT2D eigenvalue weighted by atomic mass is 79.9. The van der Waals surface area contributed by atoms with Gasteiger partial charge in [0.15, 0.2) is 6.61 Å². The molecule has 0 bridgehead atoms. The molecule has 0 atom stereocenters. The van der Waals surface area contributed by atoms with Crippen molar-refractivity contribution >= 4 is 43.5 Å². The zero-order valence-corrected chi connectivity index (χ0v) is 17.2. The molecule has 0 saturated carbocycles. The largest absolute Gasteiger partial charge is 0.452 e. The Hall–Kier alpha value is -2.23. The van der Waals surface area contributed by atoms with Gasteiger partial charge in [-0.25, -0.2) is 17.9 Å². The average molecular weight is 455 g/mol. The third-order valence-corrected chi connectivity index (χ3v) is 5.55. The van der Waals surface area contributed by atoms with Crippen LogP contribution in [0.1, 0.15) is 22.8 Å². The van der Waals surface area contributed by atoms with E-state index in [1.165, 1.54) is 24.3 Å². The molecule has 2 N–H and O–H groups in total. The van der Waals surface area contributed by atoms with Gasteiger partial charge in [-0.05, 0) is 48.9 Å². The number of hydrogen-bond acceptors (Lipinski definition) is 5. The van der Waals surface area contributed by atoms with E-state index in [9.17, 15) is 18.0 Å². The molecule has 0 saturated heterocycles. The summed E-state index contributed by atoms with van der Waals surface area (Å²) in [6, 6.07) is 10.8. The molecule has 1 amide bonds. The highest BCUT2D eigenvalue weighted by molar-refractivity contribution is 9.10. The van der Waals surface area contributed by atoms with Crippen LogP contribution in [0.2, 0.25) is 0 Å². The fraction of sp³-hybridized carbons (Fsp3) is 0.222. The molecule has 27 heavy (non-hydrogen) atoms. The maximum absolute atomic E-state index is 12.1. The summed E-state index contributed by atoms with van der Waals surface area (Å²) in [6.07, 6.45) is 0. The second-order valence-corrected chi connectivity index (χ2v) is 8.30. The number of amides is 1. The van der Waals surface area contributed by atoms with Crippen molar-refractivity contribution in [3.63, 3.8) is 0 Å². The molecule has 2 rings (SSSR count). The third kappa shape index (κ3) is 5.88. The number of aryl methyl sites for hydroxylation is 1. The first-order valence-corrected chi connectivity index (χ1v) is 10.3. The van der Waals surface area contributed by atoms with Crippen molar-refractivity contribution in [1.29, 1.82) is 0 Å². The Bertz CT molecular complexity index is 960. The topological polar surface area (TPSA) is 102 Å². The molecule has 144 valence electrons. The summed E-state index contributed by atoms with van der Waals surface area (Å²) in [5.41, 5.74) is 1.50. The van der Waals surface area contributed by atoms with Crippen LogP contribution in [0.4, 0.5) is 5.69 Å². The Balaban J connectivity index is 2.00. The first-order valence-electron chi connectivity index (χ1n) is 8.06. The minimum absolute atomic E-state index is 0.0431. The van der Waals surface area contributed by atoms with E-state index in [2.05, 4.69) is 26.0 Å². The molecule has 0 unspecified atom stereocenters. The van der Waals surface area contributed by atoms with E-state index in [0.29, 0.717) is 5.69 Å². The number of carbonyl (C=O) groups excluding carboxylic acids is 2. The summed E-state index contributed by atoms with van der Waals surface area (Å²) in [5, 5.41) is 2.65. The van der Waals surface area contributed by atoms with E-state index >= 15 is 0 Å². The standard InChI is InChI=1S/C18H19BrN2O5S/c1-3-20-27(24,25)15-6-4-5-13(10-15)18(23)26-11-17(22)21-16-8-7-14(19)9-12(16)2/h4-10,20H,3,11H2,1-2H3,(H,21,22). The summed E-state index contributed by atoms with van der Waals surface area (Å²) in [7, 11) is -3.69. The lowest BCUT2D eigenvalue weighted by atomic mass is 10.2. The maximum atomic E-state index is 12.1. The van der Waals surface area contributed by atoms with Gasteiger partial charge in [0.25, 0.3) is 5.91 Å². The first kappa shape index (κ1) is 21.1. The number of ether oxygens (including phenoxy) is 1. The van der Waals surface area contributed by atoms with Crippen molar-refractivity contribution in [2.24, 2.45) is 0 Å². The van der Waals surface area contributed by atoms with Gasteiger partial charge in [-0.1, -0.05) is 28.9 Å². The number of nitrogens with one attached hydrogen (secondary N) is 2.